The molecule has 1 fully saturated rings. The van der Waals surface area contributed by atoms with Crippen molar-refractivity contribution in [3.63, 3.8) is 0 Å². The molecular weight excluding hydrogens is 470 g/mol. The second-order valence-corrected chi connectivity index (χ2v) is 11.0. The second kappa shape index (κ2) is 8.94. The SMILES string of the molecule is CC1(O)CCN(S(=O)(=O)c2cccc(F)c2)C(c2cccs2)C1NC(=O)c1ccc(F)cc1. The summed E-state index contributed by atoms with van der Waals surface area (Å²) in [5.41, 5.74) is -1.28. The van der Waals surface area contributed by atoms with Gasteiger partial charge in [-0.3, -0.25) is 4.79 Å². The summed E-state index contributed by atoms with van der Waals surface area (Å²) in [5.74, 6) is -1.76. The quantitative estimate of drug-likeness (QED) is 0.569. The van der Waals surface area contributed by atoms with E-state index in [-0.39, 0.29) is 23.4 Å². The number of carbonyl (C=O) groups excluding carboxylic acids is 1. The third kappa shape index (κ3) is 4.70. The minimum absolute atomic E-state index is 0.0304. The van der Waals surface area contributed by atoms with Crippen LogP contribution in [0, 0.1) is 11.6 Å². The third-order valence-electron chi connectivity index (χ3n) is 5.76. The molecule has 6 nitrogen and oxygen atoms in total. The molecule has 2 heterocycles. The van der Waals surface area contributed by atoms with Crippen LogP contribution in [0.4, 0.5) is 8.78 Å². The lowest BCUT2D eigenvalue weighted by Crippen LogP contribution is -2.63. The smallest absolute Gasteiger partial charge is 0.251 e. The lowest BCUT2D eigenvalue weighted by molar-refractivity contribution is -0.0411. The average Bonchev–Trinajstić information content (AvgIpc) is 3.29. The molecule has 0 spiro atoms. The van der Waals surface area contributed by atoms with Crippen LogP contribution in [0.5, 0.6) is 0 Å². The van der Waals surface area contributed by atoms with Crippen LogP contribution in [0.25, 0.3) is 0 Å². The lowest BCUT2D eigenvalue weighted by atomic mass is 9.83. The van der Waals surface area contributed by atoms with E-state index in [9.17, 15) is 27.1 Å². The van der Waals surface area contributed by atoms with E-state index >= 15 is 0 Å². The maximum Gasteiger partial charge on any atom is 0.251 e. The summed E-state index contributed by atoms with van der Waals surface area (Å²) in [6.45, 7) is 1.51. The van der Waals surface area contributed by atoms with Crippen LogP contribution in [0.2, 0.25) is 0 Å². The second-order valence-electron chi connectivity index (χ2n) is 8.10. The van der Waals surface area contributed by atoms with Crippen LogP contribution in [0.3, 0.4) is 0 Å². The molecule has 174 valence electrons. The number of benzene rings is 2. The zero-order valence-corrected chi connectivity index (χ0v) is 19.2. The number of hydrogen-bond donors (Lipinski definition) is 2. The average molecular weight is 493 g/mol. The van der Waals surface area contributed by atoms with Gasteiger partial charge in [0.2, 0.25) is 10.0 Å². The first kappa shape index (κ1) is 23.5. The first-order valence-corrected chi connectivity index (χ1v) is 12.5. The lowest BCUT2D eigenvalue weighted by Gasteiger charge is -2.47. The number of halogens is 2. The van der Waals surface area contributed by atoms with Crippen LogP contribution in [-0.4, -0.2) is 41.9 Å². The molecule has 3 unspecified atom stereocenters. The molecule has 2 N–H and O–H groups in total. The first-order chi connectivity index (χ1) is 15.6. The molecule has 1 amide bonds. The van der Waals surface area contributed by atoms with Gasteiger partial charge in [-0.2, -0.15) is 4.31 Å². The number of nitrogens with zero attached hydrogens (tertiary/aromatic N) is 1. The van der Waals surface area contributed by atoms with Crippen LogP contribution < -0.4 is 5.32 Å². The molecule has 0 radical (unpaired) electrons. The maximum atomic E-state index is 13.8. The molecule has 1 saturated heterocycles. The molecule has 0 saturated carbocycles. The Kier molecular flexibility index (Phi) is 6.37. The van der Waals surface area contributed by atoms with E-state index in [4.69, 9.17) is 0 Å². The van der Waals surface area contributed by atoms with Crippen molar-refractivity contribution in [1.82, 2.24) is 9.62 Å². The van der Waals surface area contributed by atoms with Gasteiger partial charge in [0.05, 0.1) is 22.6 Å². The van der Waals surface area contributed by atoms with Gasteiger partial charge >= 0.3 is 0 Å². The molecule has 0 bridgehead atoms. The Balaban J connectivity index is 1.76. The van der Waals surface area contributed by atoms with E-state index in [1.165, 1.54) is 46.8 Å². The van der Waals surface area contributed by atoms with Gasteiger partial charge in [-0.05, 0) is 67.3 Å². The predicted molar refractivity (Wildman–Crippen MR) is 120 cm³/mol. The van der Waals surface area contributed by atoms with E-state index in [0.29, 0.717) is 4.88 Å². The van der Waals surface area contributed by atoms with Crippen LogP contribution >= 0.6 is 11.3 Å². The number of rotatable bonds is 5. The number of piperidine rings is 1. The molecule has 1 aliphatic heterocycles. The maximum absolute atomic E-state index is 13.8. The zero-order chi connectivity index (χ0) is 23.8. The summed E-state index contributed by atoms with van der Waals surface area (Å²) in [5, 5.41) is 15.7. The minimum atomic E-state index is -4.16. The van der Waals surface area contributed by atoms with Crippen molar-refractivity contribution in [3.8, 4) is 0 Å². The van der Waals surface area contributed by atoms with Crippen molar-refractivity contribution in [3.05, 3.63) is 88.1 Å². The Morgan fingerprint density at radius 2 is 1.85 bits per heavy atom. The third-order valence-corrected chi connectivity index (χ3v) is 8.58. The number of aliphatic hydroxyl groups is 1. The highest BCUT2D eigenvalue weighted by atomic mass is 32.2. The monoisotopic (exact) mass is 492 g/mol. The molecule has 3 aromatic rings. The number of hydrogen-bond acceptors (Lipinski definition) is 5. The van der Waals surface area contributed by atoms with Crippen LogP contribution in [-0.2, 0) is 10.0 Å². The van der Waals surface area contributed by atoms with E-state index in [1.54, 1.807) is 17.5 Å². The van der Waals surface area contributed by atoms with Gasteiger partial charge in [0.15, 0.2) is 0 Å². The van der Waals surface area contributed by atoms with Crippen LogP contribution in [0.15, 0.2) is 70.9 Å². The van der Waals surface area contributed by atoms with E-state index < -0.39 is 45.2 Å². The highest BCUT2D eigenvalue weighted by Gasteiger charge is 2.50. The molecule has 10 heteroatoms. The van der Waals surface area contributed by atoms with Crippen molar-refractivity contribution < 1.29 is 27.1 Å². The molecule has 1 aromatic heterocycles. The summed E-state index contributed by atoms with van der Waals surface area (Å²) in [4.78, 5) is 13.3. The van der Waals surface area contributed by atoms with Gasteiger partial charge in [-0.15, -0.1) is 11.3 Å². The van der Waals surface area contributed by atoms with Crippen LogP contribution in [0.1, 0.15) is 34.6 Å². The van der Waals surface area contributed by atoms with Crippen molar-refractivity contribution in [2.45, 2.75) is 35.9 Å². The Morgan fingerprint density at radius 1 is 1.12 bits per heavy atom. The van der Waals surface area contributed by atoms with Gasteiger partial charge in [0.1, 0.15) is 11.6 Å². The fourth-order valence-corrected chi connectivity index (χ4v) is 6.59. The summed E-state index contributed by atoms with van der Waals surface area (Å²) >= 11 is 1.28. The highest BCUT2D eigenvalue weighted by Crippen LogP contribution is 2.41. The van der Waals surface area contributed by atoms with E-state index in [2.05, 4.69) is 5.32 Å². The van der Waals surface area contributed by atoms with Crippen molar-refractivity contribution >= 4 is 27.3 Å². The Hall–Kier alpha value is -2.66. The standard InChI is InChI=1S/C23H22F2N2O4S2/c1-23(29)11-12-27(33(30,31)18-5-2-4-17(25)14-18)20(19-6-3-13-32-19)21(23)26-22(28)15-7-9-16(24)10-8-15/h2-10,13-14,20-21,29H,11-12H2,1H3,(H,26,28). The van der Waals surface area contributed by atoms with Gasteiger partial charge in [-0.1, -0.05) is 12.1 Å². The number of sulfonamides is 1. The van der Waals surface area contributed by atoms with Gasteiger partial charge in [0.25, 0.3) is 5.91 Å². The summed E-state index contributed by atoms with van der Waals surface area (Å²) < 4.78 is 55.3. The molecule has 0 aliphatic carbocycles. The molecule has 1 aliphatic rings. The molecule has 33 heavy (non-hydrogen) atoms. The zero-order valence-electron chi connectivity index (χ0n) is 17.6. The Bertz CT molecular complexity index is 1250. The fourth-order valence-electron chi connectivity index (χ4n) is 4.00. The van der Waals surface area contributed by atoms with Crippen molar-refractivity contribution in [1.29, 1.82) is 0 Å². The highest BCUT2D eigenvalue weighted by molar-refractivity contribution is 7.89. The number of amides is 1. The molecule has 2 aromatic carbocycles. The first-order valence-electron chi connectivity index (χ1n) is 10.2. The number of carbonyl (C=O) groups is 1. The van der Waals surface area contributed by atoms with Crippen molar-refractivity contribution in [2.75, 3.05) is 6.54 Å². The normalized spacial score (nSPS) is 23.9. The molecular formula is C23H22F2N2O4S2. The largest absolute Gasteiger partial charge is 0.388 e. The Morgan fingerprint density at radius 3 is 2.48 bits per heavy atom. The Labute approximate surface area is 194 Å². The summed E-state index contributed by atoms with van der Waals surface area (Å²) in [6, 6.07) is 11.1. The number of thiophene rings is 1. The van der Waals surface area contributed by atoms with Gasteiger partial charge in [0, 0.05) is 17.0 Å². The molecule has 3 atom stereocenters. The van der Waals surface area contributed by atoms with Gasteiger partial charge < -0.3 is 10.4 Å². The topological polar surface area (TPSA) is 86.7 Å². The summed E-state index contributed by atoms with van der Waals surface area (Å²) in [7, 11) is -4.16. The number of nitrogens with one attached hydrogen (secondary N) is 1. The summed E-state index contributed by atoms with van der Waals surface area (Å²) in [6.07, 6.45) is 0.0395. The molecule has 4 rings (SSSR count). The fraction of sp³-hybridized carbons (Fsp3) is 0.261. The van der Waals surface area contributed by atoms with E-state index in [0.717, 1.165) is 24.3 Å². The van der Waals surface area contributed by atoms with Gasteiger partial charge in [-0.25, -0.2) is 17.2 Å². The van der Waals surface area contributed by atoms with Crippen molar-refractivity contribution in [2.24, 2.45) is 0 Å². The van der Waals surface area contributed by atoms with E-state index in [1.807, 2.05) is 0 Å². The predicted octanol–water partition coefficient (Wildman–Crippen LogP) is 3.71. The minimum Gasteiger partial charge on any atom is -0.388 e.